The maximum Gasteiger partial charge on any atom is 0.239 e. The van der Waals surface area contributed by atoms with Crippen LogP contribution in [0.5, 0.6) is 0 Å². The predicted octanol–water partition coefficient (Wildman–Crippen LogP) is 1.17. The highest BCUT2D eigenvalue weighted by Gasteiger charge is 2.37. The second-order valence-corrected chi connectivity index (χ2v) is 6.28. The largest absolute Gasteiger partial charge is 0.354 e. The summed E-state index contributed by atoms with van der Waals surface area (Å²) in [5, 5.41) is 5.56. The van der Waals surface area contributed by atoms with Crippen LogP contribution in [0.1, 0.15) is 52.4 Å². The first-order chi connectivity index (χ1) is 9.50. The Morgan fingerprint density at radius 2 is 1.70 bits per heavy atom. The van der Waals surface area contributed by atoms with Crippen LogP contribution in [0.3, 0.4) is 0 Å². The van der Waals surface area contributed by atoms with Gasteiger partial charge in [0.25, 0.3) is 0 Å². The van der Waals surface area contributed by atoms with E-state index in [-0.39, 0.29) is 18.4 Å². The fraction of sp³-hybridized carbons (Fsp3) is 0.867. The fourth-order valence-corrected chi connectivity index (χ4v) is 2.66. The number of amides is 2. The van der Waals surface area contributed by atoms with E-state index in [0.29, 0.717) is 19.0 Å². The number of rotatable bonds is 6. The summed E-state index contributed by atoms with van der Waals surface area (Å²) in [5.74, 6) is 0.223. The zero-order chi connectivity index (χ0) is 15.0. The lowest BCUT2D eigenvalue weighted by Gasteiger charge is -2.29. The van der Waals surface area contributed by atoms with E-state index in [4.69, 9.17) is 5.73 Å². The molecule has 0 saturated heterocycles. The highest BCUT2D eigenvalue weighted by atomic mass is 16.2. The van der Waals surface area contributed by atoms with Crippen molar-refractivity contribution >= 4 is 11.8 Å². The minimum absolute atomic E-state index is 0.0489. The molecular formula is C15H29N3O2. The molecule has 1 saturated carbocycles. The minimum atomic E-state index is -0.463. The van der Waals surface area contributed by atoms with Gasteiger partial charge >= 0.3 is 0 Å². The molecule has 5 nitrogen and oxygen atoms in total. The number of hydrogen-bond acceptors (Lipinski definition) is 3. The fourth-order valence-electron chi connectivity index (χ4n) is 2.66. The van der Waals surface area contributed by atoms with Crippen molar-refractivity contribution in [2.24, 2.45) is 17.1 Å². The summed E-state index contributed by atoms with van der Waals surface area (Å²) in [7, 11) is 0. The topological polar surface area (TPSA) is 84.2 Å². The van der Waals surface area contributed by atoms with Gasteiger partial charge in [0.2, 0.25) is 11.8 Å². The van der Waals surface area contributed by atoms with Gasteiger partial charge in [0.05, 0.1) is 12.0 Å². The zero-order valence-electron chi connectivity index (χ0n) is 12.8. The maximum absolute atomic E-state index is 12.4. The van der Waals surface area contributed by atoms with E-state index in [1.165, 1.54) is 12.8 Å². The minimum Gasteiger partial charge on any atom is -0.354 e. The monoisotopic (exact) mass is 283 g/mol. The zero-order valence-corrected chi connectivity index (χ0v) is 12.8. The molecule has 0 unspecified atom stereocenters. The quantitative estimate of drug-likeness (QED) is 0.640. The molecule has 0 atom stereocenters. The second kappa shape index (κ2) is 8.25. The van der Waals surface area contributed by atoms with Gasteiger partial charge in [-0.1, -0.05) is 39.5 Å². The van der Waals surface area contributed by atoms with Crippen LogP contribution in [-0.4, -0.2) is 31.4 Å². The van der Waals surface area contributed by atoms with Crippen LogP contribution >= 0.6 is 0 Å². The molecule has 1 fully saturated rings. The summed E-state index contributed by atoms with van der Waals surface area (Å²) in [6.45, 7) is 5.12. The molecule has 0 aromatic heterocycles. The highest BCUT2D eigenvalue weighted by molar-refractivity contribution is 5.88. The van der Waals surface area contributed by atoms with Crippen molar-refractivity contribution in [2.45, 2.75) is 52.4 Å². The number of hydrogen-bond donors (Lipinski definition) is 3. The predicted molar refractivity (Wildman–Crippen MR) is 80.0 cm³/mol. The third kappa shape index (κ3) is 5.12. The van der Waals surface area contributed by atoms with Crippen LogP contribution in [-0.2, 0) is 9.59 Å². The van der Waals surface area contributed by atoms with Crippen molar-refractivity contribution in [3.05, 3.63) is 0 Å². The molecular weight excluding hydrogens is 254 g/mol. The Hall–Kier alpha value is -1.10. The van der Waals surface area contributed by atoms with Crippen LogP contribution in [0.25, 0.3) is 0 Å². The van der Waals surface area contributed by atoms with E-state index in [1.54, 1.807) is 0 Å². The third-order valence-electron chi connectivity index (χ3n) is 4.05. The Labute approximate surface area is 122 Å². The Bertz CT molecular complexity index is 321. The lowest BCUT2D eigenvalue weighted by molar-refractivity contribution is -0.133. The van der Waals surface area contributed by atoms with Crippen LogP contribution in [0.2, 0.25) is 0 Å². The molecule has 1 rings (SSSR count). The third-order valence-corrected chi connectivity index (χ3v) is 4.05. The first-order valence-electron chi connectivity index (χ1n) is 7.75. The maximum atomic E-state index is 12.4. The van der Waals surface area contributed by atoms with Gasteiger partial charge in [-0.2, -0.15) is 0 Å². The number of nitrogens with one attached hydrogen (secondary N) is 2. The van der Waals surface area contributed by atoms with Crippen molar-refractivity contribution in [3.8, 4) is 0 Å². The smallest absolute Gasteiger partial charge is 0.239 e. The Balaban J connectivity index is 2.44. The van der Waals surface area contributed by atoms with Crippen LogP contribution in [0.15, 0.2) is 0 Å². The number of carbonyl (C=O) groups is 2. The molecule has 0 radical (unpaired) electrons. The van der Waals surface area contributed by atoms with Crippen molar-refractivity contribution in [1.82, 2.24) is 10.6 Å². The van der Waals surface area contributed by atoms with Crippen molar-refractivity contribution in [2.75, 3.05) is 19.6 Å². The summed E-state index contributed by atoms with van der Waals surface area (Å²) < 4.78 is 0. The average Bonchev–Trinajstić information content (AvgIpc) is 2.68. The second-order valence-electron chi connectivity index (χ2n) is 6.28. The van der Waals surface area contributed by atoms with E-state index in [2.05, 4.69) is 10.6 Å². The van der Waals surface area contributed by atoms with Crippen molar-refractivity contribution in [3.63, 3.8) is 0 Å². The molecule has 5 heteroatoms. The van der Waals surface area contributed by atoms with Gasteiger partial charge < -0.3 is 16.4 Å². The molecule has 2 amide bonds. The van der Waals surface area contributed by atoms with E-state index >= 15 is 0 Å². The molecule has 0 aliphatic heterocycles. The number of nitrogens with two attached hydrogens (primary N) is 1. The molecule has 0 spiro atoms. The average molecular weight is 283 g/mol. The van der Waals surface area contributed by atoms with Gasteiger partial charge in [-0.25, -0.2) is 0 Å². The van der Waals surface area contributed by atoms with Gasteiger partial charge in [-0.15, -0.1) is 0 Å². The molecule has 1 aliphatic rings. The van der Waals surface area contributed by atoms with Crippen LogP contribution in [0, 0.1) is 11.3 Å². The summed E-state index contributed by atoms with van der Waals surface area (Å²) in [6, 6.07) is 0. The number of carbonyl (C=O) groups excluding carboxylic acids is 2. The Kier molecular flexibility index (Phi) is 6.99. The van der Waals surface area contributed by atoms with Crippen molar-refractivity contribution in [1.29, 1.82) is 0 Å². The first-order valence-corrected chi connectivity index (χ1v) is 7.75. The van der Waals surface area contributed by atoms with E-state index in [9.17, 15) is 9.59 Å². The van der Waals surface area contributed by atoms with E-state index in [0.717, 1.165) is 25.7 Å². The van der Waals surface area contributed by atoms with Gasteiger partial charge in [0.1, 0.15) is 0 Å². The summed E-state index contributed by atoms with van der Waals surface area (Å²) in [5.41, 5.74) is 5.39. The molecule has 0 heterocycles. The van der Waals surface area contributed by atoms with E-state index < -0.39 is 5.41 Å². The lowest BCUT2D eigenvalue weighted by Crippen LogP contribution is -2.48. The van der Waals surface area contributed by atoms with Crippen molar-refractivity contribution < 1.29 is 9.59 Å². The van der Waals surface area contributed by atoms with Crippen LogP contribution < -0.4 is 16.4 Å². The summed E-state index contributed by atoms with van der Waals surface area (Å²) in [6.07, 6.45) is 6.11. The normalized spacial score (nSPS) is 18.4. The standard InChI is InChI=1S/C15H29N3O2/c1-12(2)9-17-13(19)10-18-14(20)15(11-16)7-5-3-4-6-8-15/h12H,3-11,16H2,1-2H3,(H,17,19)(H,18,20). The lowest BCUT2D eigenvalue weighted by atomic mass is 9.79. The molecule has 0 aromatic carbocycles. The molecule has 4 N–H and O–H groups in total. The van der Waals surface area contributed by atoms with Gasteiger partial charge in [-0.3, -0.25) is 9.59 Å². The molecule has 20 heavy (non-hydrogen) atoms. The summed E-state index contributed by atoms with van der Waals surface area (Å²) in [4.78, 5) is 24.0. The van der Waals surface area contributed by atoms with Gasteiger partial charge in [0.15, 0.2) is 0 Å². The first kappa shape index (κ1) is 17.0. The molecule has 0 aromatic rings. The van der Waals surface area contributed by atoms with Crippen LogP contribution in [0.4, 0.5) is 0 Å². The SMILES string of the molecule is CC(C)CNC(=O)CNC(=O)C1(CN)CCCCCC1. The van der Waals surface area contributed by atoms with E-state index in [1.807, 2.05) is 13.8 Å². The highest BCUT2D eigenvalue weighted by Crippen LogP contribution is 2.34. The molecule has 116 valence electrons. The Morgan fingerprint density at radius 3 is 2.20 bits per heavy atom. The molecule has 1 aliphatic carbocycles. The Morgan fingerprint density at radius 1 is 1.10 bits per heavy atom. The summed E-state index contributed by atoms with van der Waals surface area (Å²) >= 11 is 0. The van der Waals surface area contributed by atoms with Gasteiger partial charge in [0, 0.05) is 13.1 Å². The molecule has 0 bridgehead atoms. The van der Waals surface area contributed by atoms with Gasteiger partial charge in [-0.05, 0) is 18.8 Å².